The number of nitrogens with one attached hydrogen (secondary N) is 1. The highest BCUT2D eigenvalue weighted by molar-refractivity contribution is 6.23. The maximum atomic E-state index is 13.6. The standard InChI is InChI=1S/C22H19N3O5/c1-22-18-15(16-11-14(30-2)7-8-17(16)23-18)9-10-24(22)21(29)25(20(22)28)13-5-3-12(4-6-13)19(26)27/h3-8,11,23H,9-10H2,1-2H3,(H,26,27)/t22-/m0/s1. The zero-order chi connectivity index (χ0) is 21.2. The highest BCUT2D eigenvalue weighted by Crippen LogP contribution is 2.45. The molecule has 0 unspecified atom stereocenters. The summed E-state index contributed by atoms with van der Waals surface area (Å²) in [5.74, 6) is -0.705. The molecule has 152 valence electrons. The first-order valence-corrected chi connectivity index (χ1v) is 9.55. The summed E-state index contributed by atoms with van der Waals surface area (Å²) in [5.41, 5.74) is 1.88. The van der Waals surface area contributed by atoms with E-state index in [-0.39, 0.29) is 11.5 Å². The third-order valence-corrected chi connectivity index (χ3v) is 6.14. The van der Waals surface area contributed by atoms with Crippen molar-refractivity contribution in [2.24, 2.45) is 0 Å². The molecule has 3 aromatic rings. The normalized spacial score (nSPS) is 20.5. The molecule has 1 aromatic heterocycles. The first-order valence-electron chi connectivity index (χ1n) is 9.55. The molecule has 5 rings (SSSR count). The van der Waals surface area contributed by atoms with Gasteiger partial charge in [-0.2, -0.15) is 0 Å². The number of hydrogen-bond donors (Lipinski definition) is 2. The van der Waals surface area contributed by atoms with Crippen LogP contribution in [0.15, 0.2) is 42.5 Å². The van der Waals surface area contributed by atoms with Crippen molar-refractivity contribution in [2.75, 3.05) is 18.6 Å². The van der Waals surface area contributed by atoms with Gasteiger partial charge in [0.25, 0.3) is 5.91 Å². The van der Waals surface area contributed by atoms with Gasteiger partial charge < -0.3 is 19.7 Å². The van der Waals surface area contributed by atoms with Gasteiger partial charge >= 0.3 is 12.0 Å². The Hall–Kier alpha value is -3.81. The number of fused-ring (bicyclic) bond motifs is 5. The molecule has 3 heterocycles. The molecule has 2 aliphatic heterocycles. The summed E-state index contributed by atoms with van der Waals surface area (Å²) >= 11 is 0. The lowest BCUT2D eigenvalue weighted by molar-refractivity contribution is -0.125. The second-order valence-electron chi connectivity index (χ2n) is 7.64. The van der Waals surface area contributed by atoms with Crippen LogP contribution < -0.4 is 9.64 Å². The van der Waals surface area contributed by atoms with Crippen molar-refractivity contribution in [3.63, 3.8) is 0 Å². The van der Waals surface area contributed by atoms with E-state index in [0.29, 0.717) is 24.3 Å². The number of carboxylic acid groups (broad SMARTS) is 1. The third kappa shape index (κ3) is 2.24. The molecule has 0 bridgehead atoms. The summed E-state index contributed by atoms with van der Waals surface area (Å²) in [6.45, 7) is 2.16. The molecule has 30 heavy (non-hydrogen) atoms. The molecular weight excluding hydrogens is 386 g/mol. The number of hydrogen-bond acceptors (Lipinski definition) is 4. The summed E-state index contributed by atoms with van der Waals surface area (Å²) in [6, 6.07) is 11.0. The molecule has 0 radical (unpaired) electrons. The molecular formula is C22H19N3O5. The quantitative estimate of drug-likeness (QED) is 0.652. The smallest absolute Gasteiger partial charge is 0.335 e. The minimum absolute atomic E-state index is 0.0913. The van der Waals surface area contributed by atoms with Gasteiger partial charge in [-0.3, -0.25) is 4.79 Å². The number of imide groups is 1. The number of carbonyl (C=O) groups is 3. The molecule has 1 saturated heterocycles. The highest BCUT2D eigenvalue weighted by atomic mass is 16.5. The Labute approximate surface area is 171 Å². The number of methoxy groups -OCH3 is 1. The number of aromatic amines is 1. The van der Waals surface area contributed by atoms with Crippen LogP contribution in [0.5, 0.6) is 5.75 Å². The van der Waals surface area contributed by atoms with Crippen molar-refractivity contribution in [1.82, 2.24) is 9.88 Å². The molecule has 3 amide bonds. The van der Waals surface area contributed by atoms with E-state index in [2.05, 4.69) is 4.98 Å². The van der Waals surface area contributed by atoms with E-state index in [1.54, 1.807) is 18.9 Å². The van der Waals surface area contributed by atoms with Crippen LogP contribution in [0.4, 0.5) is 10.5 Å². The topological polar surface area (TPSA) is 103 Å². The summed E-state index contributed by atoms with van der Waals surface area (Å²) in [5, 5.41) is 10.1. The molecule has 1 fully saturated rings. The SMILES string of the molecule is COc1ccc2[nH]c3c(c2c1)CCN1C(=O)N(c2ccc(C(=O)O)cc2)C(=O)[C@]31C. The van der Waals surface area contributed by atoms with Gasteiger partial charge in [0.1, 0.15) is 5.75 Å². The zero-order valence-corrected chi connectivity index (χ0v) is 16.4. The lowest BCUT2D eigenvalue weighted by Crippen LogP contribution is -2.49. The Bertz CT molecular complexity index is 1230. The van der Waals surface area contributed by atoms with Crippen LogP contribution in [0.1, 0.15) is 28.5 Å². The number of benzene rings is 2. The molecule has 2 aliphatic rings. The highest BCUT2D eigenvalue weighted by Gasteiger charge is 2.59. The molecule has 8 heteroatoms. The van der Waals surface area contributed by atoms with Gasteiger partial charge in [-0.05, 0) is 61.4 Å². The Balaban J connectivity index is 1.62. The predicted molar refractivity (Wildman–Crippen MR) is 109 cm³/mol. The van der Waals surface area contributed by atoms with Crippen LogP contribution in [0, 0.1) is 0 Å². The fourth-order valence-corrected chi connectivity index (χ4v) is 4.53. The van der Waals surface area contributed by atoms with Gasteiger partial charge in [0, 0.05) is 17.4 Å². The van der Waals surface area contributed by atoms with E-state index >= 15 is 0 Å². The number of H-pyrrole nitrogens is 1. The van der Waals surface area contributed by atoms with Crippen molar-refractivity contribution in [2.45, 2.75) is 18.9 Å². The lowest BCUT2D eigenvalue weighted by atomic mass is 9.87. The van der Waals surface area contributed by atoms with Crippen molar-refractivity contribution < 1.29 is 24.2 Å². The first kappa shape index (κ1) is 18.2. The number of urea groups is 1. The fraction of sp³-hybridized carbons (Fsp3) is 0.227. The summed E-state index contributed by atoms with van der Waals surface area (Å²) < 4.78 is 5.34. The number of carboxylic acids is 1. The van der Waals surface area contributed by atoms with Crippen LogP contribution in [-0.4, -0.2) is 46.6 Å². The van der Waals surface area contributed by atoms with Crippen LogP contribution >= 0.6 is 0 Å². The molecule has 0 aliphatic carbocycles. The molecule has 2 N–H and O–H groups in total. The maximum absolute atomic E-state index is 13.6. The molecule has 1 atom stereocenters. The number of rotatable bonds is 3. The van der Waals surface area contributed by atoms with Gasteiger partial charge in [0.2, 0.25) is 0 Å². The van der Waals surface area contributed by atoms with Crippen LogP contribution in [0.3, 0.4) is 0 Å². The molecule has 2 aromatic carbocycles. The van der Waals surface area contributed by atoms with Crippen LogP contribution in [0.25, 0.3) is 10.9 Å². The first-order chi connectivity index (χ1) is 14.4. The number of amides is 3. The molecule has 0 saturated carbocycles. The van der Waals surface area contributed by atoms with E-state index < -0.39 is 17.5 Å². The van der Waals surface area contributed by atoms with E-state index in [1.165, 1.54) is 24.3 Å². The van der Waals surface area contributed by atoms with Gasteiger partial charge in [0.15, 0.2) is 5.54 Å². The predicted octanol–water partition coefficient (Wildman–Crippen LogP) is 3.11. The van der Waals surface area contributed by atoms with E-state index in [1.807, 2.05) is 18.2 Å². The second-order valence-corrected chi connectivity index (χ2v) is 7.64. The number of anilines is 1. The van der Waals surface area contributed by atoms with Gasteiger partial charge in [-0.25, -0.2) is 14.5 Å². The largest absolute Gasteiger partial charge is 0.497 e. The number of ether oxygens (including phenoxy) is 1. The van der Waals surface area contributed by atoms with Gasteiger partial charge in [0.05, 0.1) is 24.1 Å². The lowest BCUT2D eigenvalue weighted by Gasteiger charge is -2.35. The monoisotopic (exact) mass is 405 g/mol. The molecule has 8 nitrogen and oxygen atoms in total. The third-order valence-electron chi connectivity index (χ3n) is 6.14. The maximum Gasteiger partial charge on any atom is 0.335 e. The van der Waals surface area contributed by atoms with Crippen molar-refractivity contribution in [3.8, 4) is 5.75 Å². The van der Waals surface area contributed by atoms with Gasteiger partial charge in [-0.1, -0.05) is 0 Å². The zero-order valence-electron chi connectivity index (χ0n) is 16.4. The fourth-order valence-electron chi connectivity index (χ4n) is 4.53. The summed E-state index contributed by atoms with van der Waals surface area (Å²) in [7, 11) is 1.61. The minimum atomic E-state index is -1.16. The van der Waals surface area contributed by atoms with E-state index in [0.717, 1.165) is 27.1 Å². The Kier molecular flexibility index (Phi) is 3.70. The van der Waals surface area contributed by atoms with Crippen molar-refractivity contribution >= 4 is 34.5 Å². The Morgan fingerprint density at radius 1 is 1.17 bits per heavy atom. The van der Waals surface area contributed by atoms with Crippen LogP contribution in [0.2, 0.25) is 0 Å². The Morgan fingerprint density at radius 2 is 1.90 bits per heavy atom. The summed E-state index contributed by atoms with van der Waals surface area (Å²) in [6.07, 6.45) is 0.614. The van der Waals surface area contributed by atoms with E-state index in [9.17, 15) is 14.4 Å². The van der Waals surface area contributed by atoms with Crippen molar-refractivity contribution in [3.05, 3.63) is 59.3 Å². The number of carbonyl (C=O) groups excluding carboxylic acids is 2. The average molecular weight is 405 g/mol. The number of aromatic carboxylic acids is 1. The average Bonchev–Trinajstić information content (AvgIpc) is 3.21. The van der Waals surface area contributed by atoms with Crippen molar-refractivity contribution in [1.29, 1.82) is 0 Å². The summed E-state index contributed by atoms with van der Waals surface area (Å²) in [4.78, 5) is 43.9. The number of nitrogens with zero attached hydrogens (tertiary/aromatic N) is 2. The number of aromatic nitrogens is 1. The van der Waals surface area contributed by atoms with E-state index in [4.69, 9.17) is 9.84 Å². The second kappa shape index (κ2) is 6.09. The molecule has 0 spiro atoms. The van der Waals surface area contributed by atoms with Crippen LogP contribution in [-0.2, 0) is 16.8 Å². The minimum Gasteiger partial charge on any atom is -0.497 e. The van der Waals surface area contributed by atoms with Gasteiger partial charge in [-0.15, -0.1) is 0 Å². The Morgan fingerprint density at radius 3 is 2.57 bits per heavy atom.